The Labute approximate surface area is 78.1 Å². The van der Waals surface area contributed by atoms with Crippen LogP contribution < -0.4 is 0 Å². The van der Waals surface area contributed by atoms with Gasteiger partial charge in [0.25, 0.3) is 0 Å². The summed E-state index contributed by atoms with van der Waals surface area (Å²) in [4.78, 5) is 0. The van der Waals surface area contributed by atoms with Gasteiger partial charge in [-0.05, 0) is 19.3 Å². The predicted octanol–water partition coefficient (Wildman–Crippen LogP) is 1.58. The maximum atomic E-state index is 10.2. The summed E-state index contributed by atoms with van der Waals surface area (Å²) in [6, 6.07) is 0. The molecule has 0 aromatic carbocycles. The maximum Gasteiger partial charge on any atom is 0.0901 e. The molecule has 0 aliphatic rings. The summed E-state index contributed by atoms with van der Waals surface area (Å²) < 4.78 is 10.2. The summed E-state index contributed by atoms with van der Waals surface area (Å²) in [7, 11) is 0. The molecule has 0 saturated carbocycles. The molecule has 0 bridgehead atoms. The van der Waals surface area contributed by atoms with Crippen LogP contribution in [0.25, 0.3) is 0 Å². The molecule has 1 atom stereocenters. The molecule has 0 aromatic rings. The SMILES string of the molecule is CCC(CC)(CC)C(O)C=S=O. The number of aliphatic hydroxyl groups excluding tert-OH is 1. The van der Waals surface area contributed by atoms with E-state index in [0.717, 1.165) is 19.3 Å². The van der Waals surface area contributed by atoms with Gasteiger partial charge in [-0.25, -0.2) is 4.21 Å². The summed E-state index contributed by atoms with van der Waals surface area (Å²) >= 11 is 0.358. The Kier molecular flexibility index (Phi) is 5.42. The first-order chi connectivity index (χ1) is 5.66. The Morgan fingerprint density at radius 3 is 2.00 bits per heavy atom. The van der Waals surface area contributed by atoms with Gasteiger partial charge in [-0.3, -0.25) is 0 Å². The summed E-state index contributed by atoms with van der Waals surface area (Å²) in [6.07, 6.45) is 2.18. The van der Waals surface area contributed by atoms with Gasteiger partial charge in [0.05, 0.1) is 17.4 Å². The molecule has 0 saturated heterocycles. The molecule has 0 aliphatic heterocycles. The van der Waals surface area contributed by atoms with Crippen LogP contribution in [0, 0.1) is 5.41 Å². The summed E-state index contributed by atoms with van der Waals surface area (Å²) in [5, 5.41) is 11.1. The highest BCUT2D eigenvalue weighted by atomic mass is 32.1. The lowest BCUT2D eigenvalue weighted by Gasteiger charge is -2.33. The zero-order valence-corrected chi connectivity index (χ0v) is 8.86. The van der Waals surface area contributed by atoms with Crippen LogP contribution in [0.4, 0.5) is 0 Å². The standard InChI is InChI=1S/C9H18O2S/c1-4-9(5-2,6-3)8(10)7-12-11/h7-8,10H,4-6H2,1-3H3. The van der Waals surface area contributed by atoms with Crippen molar-refractivity contribution in [1.29, 1.82) is 0 Å². The maximum absolute atomic E-state index is 10.2. The average molecular weight is 190 g/mol. The fraction of sp³-hybridized carbons (Fsp3) is 0.889. The molecule has 0 amide bonds. The van der Waals surface area contributed by atoms with E-state index in [0.29, 0.717) is 11.3 Å². The Bertz CT molecular complexity index is 161. The van der Waals surface area contributed by atoms with Crippen molar-refractivity contribution in [3.8, 4) is 0 Å². The van der Waals surface area contributed by atoms with Crippen LogP contribution in [-0.4, -0.2) is 20.8 Å². The van der Waals surface area contributed by atoms with Crippen LogP contribution in [0.2, 0.25) is 0 Å². The lowest BCUT2D eigenvalue weighted by atomic mass is 9.75. The molecule has 12 heavy (non-hydrogen) atoms. The van der Waals surface area contributed by atoms with Crippen molar-refractivity contribution in [3.63, 3.8) is 0 Å². The zero-order valence-electron chi connectivity index (χ0n) is 8.04. The Balaban J connectivity index is 4.56. The van der Waals surface area contributed by atoms with Crippen molar-refractivity contribution in [3.05, 3.63) is 0 Å². The van der Waals surface area contributed by atoms with E-state index in [1.54, 1.807) is 0 Å². The van der Waals surface area contributed by atoms with Gasteiger partial charge in [0.15, 0.2) is 0 Å². The number of aliphatic hydroxyl groups is 1. The zero-order chi connectivity index (χ0) is 9.61. The molecule has 0 fully saturated rings. The highest BCUT2D eigenvalue weighted by Crippen LogP contribution is 2.33. The fourth-order valence-electron chi connectivity index (χ4n) is 1.57. The molecule has 0 heterocycles. The van der Waals surface area contributed by atoms with Crippen LogP contribution in [0.1, 0.15) is 40.0 Å². The third kappa shape index (κ3) is 2.42. The van der Waals surface area contributed by atoms with Crippen LogP contribution in [0.5, 0.6) is 0 Å². The number of rotatable bonds is 5. The molecular formula is C9H18O2S. The Hall–Kier alpha value is -0.150. The van der Waals surface area contributed by atoms with Crippen molar-refractivity contribution in [2.24, 2.45) is 5.41 Å². The van der Waals surface area contributed by atoms with E-state index in [1.807, 2.05) is 0 Å². The minimum atomic E-state index is -0.569. The van der Waals surface area contributed by atoms with E-state index in [9.17, 15) is 9.32 Å². The molecule has 1 N–H and O–H groups in total. The smallest absolute Gasteiger partial charge is 0.0901 e. The largest absolute Gasteiger partial charge is 0.388 e. The molecule has 3 heteroatoms. The van der Waals surface area contributed by atoms with E-state index in [2.05, 4.69) is 20.8 Å². The van der Waals surface area contributed by atoms with Crippen LogP contribution >= 0.6 is 0 Å². The minimum Gasteiger partial charge on any atom is -0.388 e. The van der Waals surface area contributed by atoms with Gasteiger partial charge in [-0.15, -0.1) is 0 Å². The minimum absolute atomic E-state index is 0.0859. The van der Waals surface area contributed by atoms with Crippen molar-refractivity contribution in [2.45, 2.75) is 46.1 Å². The number of hydrogen-bond donors (Lipinski definition) is 1. The predicted molar refractivity (Wildman–Crippen MR) is 53.5 cm³/mol. The third-order valence-corrected chi connectivity index (χ3v) is 3.29. The highest BCUT2D eigenvalue weighted by molar-refractivity contribution is 7.64. The normalized spacial score (nSPS) is 14.0. The van der Waals surface area contributed by atoms with Gasteiger partial charge < -0.3 is 5.11 Å². The van der Waals surface area contributed by atoms with Gasteiger partial charge in [0, 0.05) is 10.8 Å². The lowest BCUT2D eigenvalue weighted by Crippen LogP contribution is -2.34. The van der Waals surface area contributed by atoms with E-state index in [1.165, 1.54) is 5.37 Å². The average Bonchev–Trinajstić information content (AvgIpc) is 2.09. The van der Waals surface area contributed by atoms with E-state index >= 15 is 0 Å². The second-order valence-corrected chi connectivity index (χ2v) is 3.56. The van der Waals surface area contributed by atoms with Gasteiger partial charge in [0.2, 0.25) is 0 Å². The van der Waals surface area contributed by atoms with Crippen LogP contribution in [-0.2, 0) is 11.3 Å². The van der Waals surface area contributed by atoms with Gasteiger partial charge in [-0.1, -0.05) is 20.8 Å². The molecule has 72 valence electrons. The Morgan fingerprint density at radius 1 is 1.33 bits per heavy atom. The van der Waals surface area contributed by atoms with Gasteiger partial charge >= 0.3 is 0 Å². The third-order valence-electron chi connectivity index (χ3n) is 2.92. The van der Waals surface area contributed by atoms with Crippen LogP contribution in [0.15, 0.2) is 0 Å². The quantitative estimate of drug-likeness (QED) is 0.668. The summed E-state index contributed by atoms with van der Waals surface area (Å²) in [5.74, 6) is 0. The van der Waals surface area contributed by atoms with E-state index in [-0.39, 0.29) is 5.41 Å². The van der Waals surface area contributed by atoms with Crippen LogP contribution in [0.3, 0.4) is 0 Å². The molecular weight excluding hydrogens is 172 g/mol. The lowest BCUT2D eigenvalue weighted by molar-refractivity contribution is 0.0693. The van der Waals surface area contributed by atoms with Gasteiger partial charge in [0.1, 0.15) is 0 Å². The monoisotopic (exact) mass is 190 g/mol. The Morgan fingerprint density at radius 2 is 1.75 bits per heavy atom. The van der Waals surface area contributed by atoms with Crippen molar-refractivity contribution in [2.75, 3.05) is 0 Å². The highest BCUT2D eigenvalue weighted by Gasteiger charge is 2.31. The van der Waals surface area contributed by atoms with E-state index < -0.39 is 6.10 Å². The molecule has 0 aromatic heterocycles. The molecule has 0 radical (unpaired) electrons. The molecule has 0 spiro atoms. The van der Waals surface area contributed by atoms with Crippen molar-refractivity contribution < 1.29 is 9.32 Å². The fourth-order valence-corrected chi connectivity index (χ4v) is 1.97. The first-order valence-electron chi connectivity index (χ1n) is 4.46. The van der Waals surface area contributed by atoms with Crippen molar-refractivity contribution >= 4 is 16.6 Å². The second-order valence-electron chi connectivity index (χ2n) is 3.10. The number of hydrogen-bond acceptors (Lipinski definition) is 2. The first-order valence-corrected chi connectivity index (χ1v) is 5.27. The summed E-state index contributed by atoms with van der Waals surface area (Å²) in [6.45, 7) is 6.17. The topological polar surface area (TPSA) is 37.3 Å². The van der Waals surface area contributed by atoms with Gasteiger partial charge in [-0.2, -0.15) is 0 Å². The first kappa shape index (κ1) is 11.8. The summed E-state index contributed by atoms with van der Waals surface area (Å²) in [5.41, 5.74) is -0.0859. The molecule has 0 rings (SSSR count). The molecule has 1 unspecified atom stereocenters. The second kappa shape index (κ2) is 5.49. The van der Waals surface area contributed by atoms with E-state index in [4.69, 9.17) is 0 Å². The molecule has 2 nitrogen and oxygen atoms in total. The van der Waals surface area contributed by atoms with Crippen molar-refractivity contribution in [1.82, 2.24) is 0 Å². The molecule has 0 aliphatic carbocycles.